The highest BCUT2D eigenvalue weighted by molar-refractivity contribution is 5.22. The van der Waals surface area contributed by atoms with Crippen LogP contribution in [0.1, 0.15) is 45.4 Å². The van der Waals surface area contributed by atoms with Gasteiger partial charge < -0.3 is 25.4 Å². The Labute approximate surface area is 141 Å². The number of hydrogen-bond donors (Lipinski definition) is 4. The van der Waals surface area contributed by atoms with E-state index >= 15 is 0 Å². The third-order valence-electron chi connectivity index (χ3n) is 5.57. The van der Waals surface area contributed by atoms with Crippen LogP contribution in [0.3, 0.4) is 0 Å². The lowest BCUT2D eigenvalue weighted by Gasteiger charge is -2.40. The summed E-state index contributed by atoms with van der Waals surface area (Å²) in [5, 5.41) is 33.4. The molecule has 0 aromatic carbocycles. The molecule has 0 heterocycles. The third-order valence-corrected chi connectivity index (χ3v) is 5.57. The van der Waals surface area contributed by atoms with E-state index in [1.54, 1.807) is 0 Å². The van der Waals surface area contributed by atoms with Crippen LogP contribution in [0.2, 0.25) is 0 Å². The average molecular weight is 349 g/mol. The summed E-state index contributed by atoms with van der Waals surface area (Å²) >= 11 is 0. The summed E-state index contributed by atoms with van der Waals surface area (Å²) in [5.41, 5.74) is 0.340. The SMILES string of the molecule is CCC1(CN[C@@H]2C=C(COC(F)F)[C@H](O)[C@H](O)[C@H]2O)CCCCC1. The molecule has 0 aromatic heterocycles. The Morgan fingerprint density at radius 1 is 1.21 bits per heavy atom. The number of aliphatic hydroxyl groups excluding tert-OH is 3. The van der Waals surface area contributed by atoms with Gasteiger partial charge in [-0.3, -0.25) is 0 Å². The monoisotopic (exact) mass is 349 g/mol. The Hall–Kier alpha value is -0.600. The molecule has 2 aliphatic rings. The summed E-state index contributed by atoms with van der Waals surface area (Å²) in [6, 6.07) is -0.593. The Morgan fingerprint density at radius 3 is 2.46 bits per heavy atom. The van der Waals surface area contributed by atoms with Crippen molar-refractivity contribution in [3.8, 4) is 0 Å². The second-order valence-electron chi connectivity index (χ2n) is 7.06. The Balaban J connectivity index is 2.03. The van der Waals surface area contributed by atoms with Gasteiger partial charge in [-0.15, -0.1) is 0 Å². The Bertz CT molecular complexity index is 427. The number of halogens is 2. The van der Waals surface area contributed by atoms with Crippen molar-refractivity contribution >= 4 is 0 Å². The predicted octanol–water partition coefficient (Wildman–Crippen LogP) is 1.57. The summed E-state index contributed by atoms with van der Waals surface area (Å²) in [7, 11) is 0. The van der Waals surface area contributed by atoms with Crippen molar-refractivity contribution in [1.82, 2.24) is 5.32 Å². The van der Waals surface area contributed by atoms with E-state index in [9.17, 15) is 24.1 Å². The number of nitrogens with one attached hydrogen (secondary N) is 1. The molecule has 5 nitrogen and oxygen atoms in total. The maximum atomic E-state index is 12.2. The van der Waals surface area contributed by atoms with Gasteiger partial charge in [0.1, 0.15) is 18.3 Å². The number of rotatable bonds is 7. The lowest BCUT2D eigenvalue weighted by molar-refractivity contribution is -0.129. The Morgan fingerprint density at radius 2 is 1.88 bits per heavy atom. The van der Waals surface area contributed by atoms with E-state index in [-0.39, 0.29) is 11.0 Å². The molecule has 2 aliphatic carbocycles. The van der Waals surface area contributed by atoms with E-state index in [0.29, 0.717) is 6.54 Å². The van der Waals surface area contributed by atoms with Crippen LogP contribution in [0.5, 0.6) is 0 Å². The molecule has 4 N–H and O–H groups in total. The molecule has 0 bridgehead atoms. The molecule has 1 saturated carbocycles. The largest absolute Gasteiger partial charge is 0.388 e. The van der Waals surface area contributed by atoms with E-state index in [1.165, 1.54) is 25.3 Å². The number of ether oxygens (including phenoxy) is 1. The topological polar surface area (TPSA) is 82.0 Å². The summed E-state index contributed by atoms with van der Waals surface area (Å²) < 4.78 is 28.7. The fourth-order valence-corrected chi connectivity index (χ4v) is 3.81. The first kappa shape index (κ1) is 19.7. The molecule has 0 spiro atoms. The summed E-state index contributed by atoms with van der Waals surface area (Å²) in [6.45, 7) is -0.576. The van der Waals surface area contributed by atoms with E-state index < -0.39 is 37.6 Å². The van der Waals surface area contributed by atoms with Gasteiger partial charge in [-0.25, -0.2) is 0 Å². The third kappa shape index (κ3) is 4.73. The molecular formula is C17H29F2NO4. The van der Waals surface area contributed by atoms with Gasteiger partial charge in [0, 0.05) is 6.54 Å². The molecule has 0 unspecified atom stereocenters. The van der Waals surface area contributed by atoms with Crippen molar-refractivity contribution in [2.75, 3.05) is 13.2 Å². The van der Waals surface area contributed by atoms with Crippen molar-refractivity contribution in [2.45, 2.75) is 76.4 Å². The van der Waals surface area contributed by atoms with Gasteiger partial charge in [-0.1, -0.05) is 32.3 Å². The van der Waals surface area contributed by atoms with E-state index in [4.69, 9.17) is 0 Å². The van der Waals surface area contributed by atoms with Crippen LogP contribution < -0.4 is 5.32 Å². The number of aliphatic hydroxyl groups is 3. The van der Waals surface area contributed by atoms with Gasteiger partial charge in [-0.05, 0) is 30.3 Å². The van der Waals surface area contributed by atoms with Crippen LogP contribution in [0, 0.1) is 5.41 Å². The molecule has 0 aliphatic heterocycles. The molecule has 7 heteroatoms. The first-order valence-corrected chi connectivity index (χ1v) is 8.76. The molecule has 4 atom stereocenters. The first-order valence-electron chi connectivity index (χ1n) is 8.76. The fraction of sp³-hybridized carbons (Fsp3) is 0.882. The molecule has 1 fully saturated rings. The number of alkyl halides is 2. The van der Waals surface area contributed by atoms with Crippen molar-refractivity contribution in [1.29, 1.82) is 0 Å². The zero-order valence-corrected chi connectivity index (χ0v) is 14.1. The quantitative estimate of drug-likeness (QED) is 0.525. The lowest BCUT2D eigenvalue weighted by atomic mass is 9.72. The summed E-state index contributed by atoms with van der Waals surface area (Å²) in [5.74, 6) is 0. The minimum absolute atomic E-state index is 0.166. The van der Waals surface area contributed by atoms with Crippen molar-refractivity contribution in [3.05, 3.63) is 11.6 Å². The molecule has 0 radical (unpaired) electrons. The molecular weight excluding hydrogens is 320 g/mol. The minimum Gasteiger partial charge on any atom is -0.388 e. The molecule has 0 amide bonds. The van der Waals surface area contributed by atoms with Crippen molar-refractivity contribution in [2.24, 2.45) is 5.41 Å². The van der Waals surface area contributed by atoms with Crippen LogP contribution >= 0.6 is 0 Å². The van der Waals surface area contributed by atoms with Crippen LogP contribution in [0.25, 0.3) is 0 Å². The van der Waals surface area contributed by atoms with Gasteiger partial charge in [0.15, 0.2) is 0 Å². The molecule has 2 rings (SSSR count). The summed E-state index contributed by atoms with van der Waals surface area (Å²) in [6.07, 6.45) is 4.39. The molecule has 0 saturated heterocycles. The highest BCUT2D eigenvalue weighted by Gasteiger charge is 2.39. The van der Waals surface area contributed by atoms with Gasteiger partial charge in [0.05, 0.1) is 12.6 Å². The zero-order chi connectivity index (χ0) is 17.7. The molecule has 140 valence electrons. The van der Waals surface area contributed by atoms with Crippen molar-refractivity contribution < 1.29 is 28.8 Å². The highest BCUT2D eigenvalue weighted by atomic mass is 19.3. The van der Waals surface area contributed by atoms with E-state index in [0.717, 1.165) is 19.3 Å². The smallest absolute Gasteiger partial charge is 0.345 e. The zero-order valence-electron chi connectivity index (χ0n) is 14.1. The van der Waals surface area contributed by atoms with Gasteiger partial charge in [0.25, 0.3) is 0 Å². The average Bonchev–Trinajstić information content (AvgIpc) is 2.59. The normalized spacial score (nSPS) is 33.5. The van der Waals surface area contributed by atoms with Crippen molar-refractivity contribution in [3.63, 3.8) is 0 Å². The maximum Gasteiger partial charge on any atom is 0.345 e. The second-order valence-corrected chi connectivity index (χ2v) is 7.06. The van der Waals surface area contributed by atoms with Gasteiger partial charge in [0.2, 0.25) is 0 Å². The van der Waals surface area contributed by atoms with E-state index in [2.05, 4.69) is 17.0 Å². The highest BCUT2D eigenvalue weighted by Crippen LogP contribution is 2.38. The fourth-order valence-electron chi connectivity index (χ4n) is 3.81. The lowest BCUT2D eigenvalue weighted by Crippen LogP contribution is -2.55. The van der Waals surface area contributed by atoms with Crippen LogP contribution in [0.15, 0.2) is 11.6 Å². The minimum atomic E-state index is -2.95. The van der Waals surface area contributed by atoms with Crippen LogP contribution in [-0.4, -0.2) is 59.4 Å². The summed E-state index contributed by atoms with van der Waals surface area (Å²) in [4.78, 5) is 0. The Kier molecular flexibility index (Phi) is 7.12. The van der Waals surface area contributed by atoms with E-state index in [1.807, 2.05) is 0 Å². The molecule has 0 aromatic rings. The maximum absolute atomic E-state index is 12.2. The first-order chi connectivity index (χ1) is 11.4. The predicted molar refractivity (Wildman–Crippen MR) is 85.7 cm³/mol. The second kappa shape index (κ2) is 8.67. The van der Waals surface area contributed by atoms with Gasteiger partial charge >= 0.3 is 6.61 Å². The van der Waals surface area contributed by atoms with Crippen LogP contribution in [0.4, 0.5) is 8.78 Å². The standard InChI is InChI=1S/C17H29F2NO4/c1-2-17(6-4-3-5-7-17)10-20-12-8-11(9-24-16(18)19)13(21)15(23)14(12)22/h8,12-16,20-23H,2-7,9-10H2,1H3/t12-,13+,14+,15+/m1/s1. The van der Waals surface area contributed by atoms with Crippen LogP contribution in [-0.2, 0) is 4.74 Å². The number of hydrogen-bond acceptors (Lipinski definition) is 5. The van der Waals surface area contributed by atoms with Gasteiger partial charge in [-0.2, -0.15) is 8.78 Å². The molecule has 24 heavy (non-hydrogen) atoms.